The van der Waals surface area contributed by atoms with E-state index in [9.17, 15) is 8.42 Å². The minimum absolute atomic E-state index is 0.150. The standard InChI is InChI=1S/C11H18N2O2S2/c1-13(10-5-3-2-4-6-10)17(14,15)11-7-9(12)8-16-11/h7-8,10H,2-6,12H2,1H3. The average Bonchev–Trinajstić information content (AvgIpc) is 2.77. The van der Waals surface area contributed by atoms with Crippen molar-refractivity contribution in [3.05, 3.63) is 11.4 Å². The van der Waals surface area contributed by atoms with Gasteiger partial charge >= 0.3 is 0 Å². The second-order valence-corrected chi connectivity index (χ2v) is 7.65. The zero-order valence-electron chi connectivity index (χ0n) is 9.93. The lowest BCUT2D eigenvalue weighted by Gasteiger charge is -2.29. The molecule has 1 aliphatic carbocycles. The quantitative estimate of drug-likeness (QED) is 0.919. The van der Waals surface area contributed by atoms with Gasteiger partial charge < -0.3 is 5.73 Å². The van der Waals surface area contributed by atoms with Gasteiger partial charge in [-0.3, -0.25) is 0 Å². The molecule has 1 aliphatic rings. The van der Waals surface area contributed by atoms with Crippen molar-refractivity contribution in [2.75, 3.05) is 12.8 Å². The molecule has 1 fully saturated rings. The SMILES string of the molecule is CN(C1CCCCC1)S(=O)(=O)c1cc(N)cs1. The molecule has 0 amide bonds. The molecule has 1 heterocycles. The summed E-state index contributed by atoms with van der Waals surface area (Å²) < 4.78 is 26.5. The van der Waals surface area contributed by atoms with Gasteiger partial charge in [0.25, 0.3) is 10.0 Å². The molecule has 0 spiro atoms. The fourth-order valence-electron chi connectivity index (χ4n) is 2.25. The number of rotatable bonds is 3. The smallest absolute Gasteiger partial charge is 0.252 e. The Morgan fingerprint density at radius 2 is 2.00 bits per heavy atom. The molecule has 0 unspecified atom stereocenters. The molecule has 96 valence electrons. The molecule has 0 radical (unpaired) electrons. The predicted molar refractivity (Wildman–Crippen MR) is 70.6 cm³/mol. The van der Waals surface area contributed by atoms with Gasteiger partial charge in [0, 0.05) is 24.2 Å². The van der Waals surface area contributed by atoms with Crippen LogP contribution in [-0.4, -0.2) is 25.8 Å². The van der Waals surface area contributed by atoms with Crippen molar-refractivity contribution >= 4 is 27.0 Å². The maximum atomic E-state index is 12.3. The third kappa shape index (κ3) is 2.64. The zero-order chi connectivity index (χ0) is 12.5. The average molecular weight is 274 g/mol. The predicted octanol–water partition coefficient (Wildman–Crippen LogP) is 2.28. The van der Waals surface area contributed by atoms with Crippen LogP contribution in [0.3, 0.4) is 0 Å². The minimum Gasteiger partial charge on any atom is -0.398 e. The van der Waals surface area contributed by atoms with Crippen LogP contribution in [0.15, 0.2) is 15.7 Å². The number of hydrogen-bond acceptors (Lipinski definition) is 4. The van der Waals surface area contributed by atoms with Crippen LogP contribution in [-0.2, 0) is 10.0 Å². The number of nitrogens with zero attached hydrogens (tertiary/aromatic N) is 1. The second-order valence-electron chi connectivity index (χ2n) is 4.51. The van der Waals surface area contributed by atoms with Crippen molar-refractivity contribution in [3.8, 4) is 0 Å². The monoisotopic (exact) mass is 274 g/mol. The first-order valence-electron chi connectivity index (χ1n) is 5.84. The van der Waals surface area contributed by atoms with Crippen LogP contribution < -0.4 is 5.73 Å². The van der Waals surface area contributed by atoms with Crippen LogP contribution in [0.25, 0.3) is 0 Å². The second kappa shape index (κ2) is 4.96. The van der Waals surface area contributed by atoms with Crippen molar-refractivity contribution in [3.63, 3.8) is 0 Å². The van der Waals surface area contributed by atoms with Crippen molar-refractivity contribution in [1.29, 1.82) is 0 Å². The van der Waals surface area contributed by atoms with E-state index in [1.54, 1.807) is 18.5 Å². The van der Waals surface area contributed by atoms with Crippen molar-refractivity contribution in [2.24, 2.45) is 0 Å². The molecule has 2 rings (SSSR count). The molecule has 0 aliphatic heterocycles. The van der Waals surface area contributed by atoms with Crippen LogP contribution in [0.5, 0.6) is 0 Å². The summed E-state index contributed by atoms with van der Waals surface area (Å²) in [7, 11) is -1.66. The first kappa shape index (κ1) is 12.9. The van der Waals surface area contributed by atoms with E-state index >= 15 is 0 Å². The summed E-state index contributed by atoms with van der Waals surface area (Å²) in [5, 5.41) is 1.67. The molecule has 1 aromatic rings. The molecule has 4 nitrogen and oxygen atoms in total. The Balaban J connectivity index is 2.20. The first-order valence-corrected chi connectivity index (χ1v) is 8.16. The van der Waals surface area contributed by atoms with E-state index in [1.165, 1.54) is 22.1 Å². The van der Waals surface area contributed by atoms with Crippen LogP contribution in [0.2, 0.25) is 0 Å². The topological polar surface area (TPSA) is 63.4 Å². The Labute approximate surface area is 106 Å². The molecular formula is C11H18N2O2S2. The lowest BCUT2D eigenvalue weighted by atomic mass is 9.96. The van der Waals surface area contributed by atoms with Gasteiger partial charge in [0.1, 0.15) is 4.21 Å². The molecule has 6 heteroatoms. The van der Waals surface area contributed by atoms with Gasteiger partial charge in [-0.1, -0.05) is 19.3 Å². The summed E-state index contributed by atoms with van der Waals surface area (Å²) >= 11 is 1.19. The molecule has 0 aromatic carbocycles. The van der Waals surface area contributed by atoms with E-state index in [-0.39, 0.29) is 6.04 Å². The highest BCUT2D eigenvalue weighted by Gasteiger charge is 2.29. The summed E-state index contributed by atoms with van der Waals surface area (Å²) in [5.74, 6) is 0. The van der Waals surface area contributed by atoms with Crippen LogP contribution in [0.4, 0.5) is 5.69 Å². The van der Waals surface area contributed by atoms with Gasteiger partial charge in [-0.2, -0.15) is 4.31 Å². The molecule has 2 N–H and O–H groups in total. The first-order chi connectivity index (χ1) is 8.01. The highest BCUT2D eigenvalue weighted by Crippen LogP contribution is 2.29. The van der Waals surface area contributed by atoms with E-state index in [2.05, 4.69) is 0 Å². The van der Waals surface area contributed by atoms with E-state index in [0.717, 1.165) is 25.7 Å². The Morgan fingerprint density at radius 1 is 1.35 bits per heavy atom. The summed E-state index contributed by atoms with van der Waals surface area (Å²) in [6.45, 7) is 0. The van der Waals surface area contributed by atoms with Gasteiger partial charge in [-0.05, 0) is 18.9 Å². The van der Waals surface area contributed by atoms with E-state index in [1.807, 2.05) is 0 Å². The maximum Gasteiger partial charge on any atom is 0.252 e. The number of nitrogens with two attached hydrogens (primary N) is 1. The lowest BCUT2D eigenvalue weighted by molar-refractivity contribution is 0.286. The summed E-state index contributed by atoms with van der Waals surface area (Å²) in [4.78, 5) is 0. The number of nitrogen functional groups attached to an aromatic ring is 1. The van der Waals surface area contributed by atoms with Gasteiger partial charge in [-0.25, -0.2) is 8.42 Å². The van der Waals surface area contributed by atoms with Gasteiger partial charge in [-0.15, -0.1) is 11.3 Å². The number of anilines is 1. The Hall–Kier alpha value is -0.590. The Kier molecular flexibility index (Phi) is 3.75. The molecule has 0 saturated heterocycles. The Bertz CT molecular complexity index is 475. The maximum absolute atomic E-state index is 12.3. The van der Waals surface area contributed by atoms with Gasteiger partial charge in [0.15, 0.2) is 0 Å². The highest BCUT2D eigenvalue weighted by molar-refractivity contribution is 7.91. The van der Waals surface area contributed by atoms with E-state index in [4.69, 9.17) is 5.73 Å². The van der Waals surface area contributed by atoms with Crippen molar-refractivity contribution < 1.29 is 8.42 Å². The molecule has 1 saturated carbocycles. The number of thiophene rings is 1. The van der Waals surface area contributed by atoms with E-state index in [0.29, 0.717) is 9.90 Å². The lowest BCUT2D eigenvalue weighted by Crippen LogP contribution is -2.37. The normalized spacial score (nSPS) is 18.7. The fourth-order valence-corrected chi connectivity index (χ4v) is 4.93. The fraction of sp³-hybridized carbons (Fsp3) is 0.636. The molecular weight excluding hydrogens is 256 g/mol. The molecule has 0 atom stereocenters. The Morgan fingerprint density at radius 3 is 2.53 bits per heavy atom. The zero-order valence-corrected chi connectivity index (χ0v) is 11.6. The third-order valence-electron chi connectivity index (χ3n) is 3.32. The summed E-state index contributed by atoms with van der Waals surface area (Å²) in [6, 6.07) is 1.69. The summed E-state index contributed by atoms with van der Waals surface area (Å²) in [6.07, 6.45) is 5.40. The van der Waals surface area contributed by atoms with Crippen molar-refractivity contribution in [2.45, 2.75) is 42.4 Å². The van der Waals surface area contributed by atoms with Gasteiger partial charge in [0.05, 0.1) is 0 Å². The third-order valence-corrected chi connectivity index (χ3v) is 6.66. The molecule has 0 bridgehead atoms. The van der Waals surface area contributed by atoms with E-state index < -0.39 is 10.0 Å². The molecule has 1 aromatic heterocycles. The van der Waals surface area contributed by atoms with Crippen LogP contribution >= 0.6 is 11.3 Å². The highest BCUT2D eigenvalue weighted by atomic mass is 32.2. The largest absolute Gasteiger partial charge is 0.398 e. The number of hydrogen-bond donors (Lipinski definition) is 1. The number of sulfonamides is 1. The van der Waals surface area contributed by atoms with Crippen LogP contribution in [0.1, 0.15) is 32.1 Å². The minimum atomic E-state index is -3.35. The van der Waals surface area contributed by atoms with Gasteiger partial charge in [0.2, 0.25) is 0 Å². The van der Waals surface area contributed by atoms with Crippen molar-refractivity contribution in [1.82, 2.24) is 4.31 Å². The summed E-state index contributed by atoms with van der Waals surface area (Å²) in [5.41, 5.74) is 6.10. The molecule has 17 heavy (non-hydrogen) atoms. The van der Waals surface area contributed by atoms with Crippen LogP contribution in [0, 0.1) is 0 Å².